The minimum absolute atomic E-state index is 0.0927. The van der Waals surface area contributed by atoms with Gasteiger partial charge in [0.05, 0.1) is 25.2 Å². The third-order valence-corrected chi connectivity index (χ3v) is 3.70. The molecule has 1 fully saturated rings. The molecule has 0 spiro atoms. The van der Waals surface area contributed by atoms with Crippen molar-refractivity contribution >= 4 is 12.1 Å². The maximum absolute atomic E-state index is 11.7. The van der Waals surface area contributed by atoms with Crippen LogP contribution in [0, 0.1) is 5.92 Å². The van der Waals surface area contributed by atoms with Gasteiger partial charge in [0, 0.05) is 0 Å². The molecule has 0 radical (unpaired) electrons. The van der Waals surface area contributed by atoms with Gasteiger partial charge in [0.25, 0.3) is 0 Å². The molecule has 120 valence electrons. The summed E-state index contributed by atoms with van der Waals surface area (Å²) in [6, 6.07) is 8.38. The van der Waals surface area contributed by atoms with Crippen molar-refractivity contribution in [2.24, 2.45) is 5.92 Å². The first kappa shape index (κ1) is 16.3. The van der Waals surface area contributed by atoms with Crippen LogP contribution in [0.2, 0.25) is 0 Å². The van der Waals surface area contributed by atoms with Crippen molar-refractivity contribution in [1.82, 2.24) is 5.32 Å². The molecular formula is C15H19NO6. The van der Waals surface area contributed by atoms with Crippen LogP contribution in [0.25, 0.3) is 0 Å². The van der Waals surface area contributed by atoms with Gasteiger partial charge in [0.15, 0.2) is 0 Å². The van der Waals surface area contributed by atoms with Gasteiger partial charge in [-0.3, -0.25) is 4.79 Å². The smallest absolute Gasteiger partial charge is 0.407 e. The monoisotopic (exact) mass is 309 g/mol. The average molecular weight is 309 g/mol. The van der Waals surface area contributed by atoms with E-state index in [2.05, 4.69) is 10.1 Å². The Hall–Kier alpha value is -2.12. The van der Waals surface area contributed by atoms with Crippen molar-refractivity contribution in [3.63, 3.8) is 0 Å². The highest BCUT2D eigenvalue weighted by Crippen LogP contribution is 2.27. The molecule has 0 bridgehead atoms. The van der Waals surface area contributed by atoms with Gasteiger partial charge in [-0.2, -0.15) is 0 Å². The first-order valence-corrected chi connectivity index (χ1v) is 6.94. The van der Waals surface area contributed by atoms with E-state index in [9.17, 15) is 19.8 Å². The van der Waals surface area contributed by atoms with E-state index in [0.29, 0.717) is 0 Å². The van der Waals surface area contributed by atoms with Crippen LogP contribution < -0.4 is 5.32 Å². The van der Waals surface area contributed by atoms with Crippen molar-refractivity contribution in [3.8, 4) is 0 Å². The van der Waals surface area contributed by atoms with Crippen LogP contribution in [0.3, 0.4) is 0 Å². The van der Waals surface area contributed by atoms with Crippen LogP contribution >= 0.6 is 0 Å². The van der Waals surface area contributed by atoms with Gasteiger partial charge < -0.3 is 25.0 Å². The SMILES string of the molecule is COC(=O)[C@H]1C[C@H](NC(=O)OCc2ccccc2)[C@H](O)[C@@H]1O. The van der Waals surface area contributed by atoms with Gasteiger partial charge in [0.1, 0.15) is 12.7 Å². The molecule has 1 aromatic carbocycles. The zero-order chi connectivity index (χ0) is 16.1. The number of ether oxygens (including phenoxy) is 2. The predicted octanol–water partition coefficient (Wildman–Crippen LogP) is 0.196. The molecule has 0 aromatic heterocycles. The first-order chi connectivity index (χ1) is 10.5. The van der Waals surface area contributed by atoms with Gasteiger partial charge in [0.2, 0.25) is 0 Å². The largest absolute Gasteiger partial charge is 0.469 e. The summed E-state index contributed by atoms with van der Waals surface area (Å²) in [5.41, 5.74) is 0.831. The zero-order valence-electron chi connectivity index (χ0n) is 12.1. The van der Waals surface area contributed by atoms with Crippen LogP contribution in [-0.2, 0) is 20.9 Å². The fourth-order valence-corrected chi connectivity index (χ4v) is 2.48. The number of hydrogen-bond acceptors (Lipinski definition) is 6. The zero-order valence-corrected chi connectivity index (χ0v) is 12.1. The number of hydrogen-bond donors (Lipinski definition) is 3. The lowest BCUT2D eigenvalue weighted by Crippen LogP contribution is -2.43. The molecule has 1 aliphatic rings. The van der Waals surface area contributed by atoms with E-state index in [1.807, 2.05) is 30.3 Å². The van der Waals surface area contributed by atoms with E-state index < -0.39 is 36.2 Å². The maximum atomic E-state index is 11.7. The van der Waals surface area contributed by atoms with Crippen molar-refractivity contribution in [2.75, 3.05) is 7.11 Å². The summed E-state index contributed by atoms with van der Waals surface area (Å²) in [6.07, 6.45) is -3.14. The summed E-state index contributed by atoms with van der Waals surface area (Å²) >= 11 is 0. The Labute approximate surface area is 127 Å². The number of benzene rings is 1. The van der Waals surface area contributed by atoms with E-state index in [0.717, 1.165) is 5.56 Å². The summed E-state index contributed by atoms with van der Waals surface area (Å²) in [7, 11) is 1.20. The summed E-state index contributed by atoms with van der Waals surface area (Å²) < 4.78 is 9.59. The number of nitrogens with one attached hydrogen (secondary N) is 1. The molecule has 1 aromatic rings. The normalized spacial score (nSPS) is 27.2. The second-order valence-corrected chi connectivity index (χ2v) is 5.16. The molecule has 1 saturated carbocycles. The molecule has 1 amide bonds. The quantitative estimate of drug-likeness (QED) is 0.686. The molecule has 22 heavy (non-hydrogen) atoms. The van der Waals surface area contributed by atoms with E-state index in [-0.39, 0.29) is 13.0 Å². The second kappa shape index (κ2) is 7.24. The predicted molar refractivity (Wildman–Crippen MR) is 75.7 cm³/mol. The van der Waals surface area contributed by atoms with E-state index in [1.165, 1.54) is 7.11 Å². The lowest BCUT2D eigenvalue weighted by atomic mass is 10.1. The molecule has 2 rings (SSSR count). The molecule has 7 heteroatoms. The van der Waals surface area contributed by atoms with Crippen LogP contribution in [0.1, 0.15) is 12.0 Å². The van der Waals surface area contributed by atoms with Gasteiger partial charge in [-0.1, -0.05) is 30.3 Å². The lowest BCUT2D eigenvalue weighted by Gasteiger charge is -2.17. The summed E-state index contributed by atoms with van der Waals surface area (Å²) in [5, 5.41) is 22.1. The van der Waals surface area contributed by atoms with Gasteiger partial charge in [-0.05, 0) is 12.0 Å². The molecule has 1 aliphatic carbocycles. The Morgan fingerprint density at radius 3 is 2.55 bits per heavy atom. The molecule has 0 unspecified atom stereocenters. The topological polar surface area (TPSA) is 105 Å². The third kappa shape index (κ3) is 3.75. The van der Waals surface area contributed by atoms with Crippen LogP contribution in [0.5, 0.6) is 0 Å². The van der Waals surface area contributed by atoms with E-state index >= 15 is 0 Å². The second-order valence-electron chi connectivity index (χ2n) is 5.16. The summed E-state index contributed by atoms with van der Waals surface area (Å²) in [4.78, 5) is 23.2. The highest BCUT2D eigenvalue weighted by atomic mass is 16.5. The maximum Gasteiger partial charge on any atom is 0.407 e. The highest BCUT2D eigenvalue weighted by Gasteiger charge is 2.46. The number of aliphatic hydroxyl groups is 2. The molecule has 0 aliphatic heterocycles. The number of carbonyl (C=O) groups excluding carboxylic acids is 2. The lowest BCUT2D eigenvalue weighted by molar-refractivity contribution is -0.149. The minimum atomic E-state index is -1.27. The fourth-order valence-electron chi connectivity index (χ4n) is 2.48. The molecule has 4 atom stereocenters. The molecule has 7 nitrogen and oxygen atoms in total. The number of carbonyl (C=O) groups is 2. The standard InChI is InChI=1S/C15H19NO6/c1-21-14(19)10-7-11(13(18)12(10)17)16-15(20)22-8-9-5-3-2-4-6-9/h2-6,10-13,17-18H,7-8H2,1H3,(H,16,20)/t10-,11-,12+,13-/m0/s1. The van der Waals surface area contributed by atoms with Gasteiger partial charge in [-0.15, -0.1) is 0 Å². The van der Waals surface area contributed by atoms with E-state index in [1.54, 1.807) is 0 Å². The van der Waals surface area contributed by atoms with Crippen molar-refractivity contribution in [3.05, 3.63) is 35.9 Å². The molecule has 0 saturated heterocycles. The number of methoxy groups -OCH3 is 1. The van der Waals surface area contributed by atoms with Crippen LogP contribution in [0.15, 0.2) is 30.3 Å². The van der Waals surface area contributed by atoms with Crippen molar-refractivity contribution in [2.45, 2.75) is 31.3 Å². The van der Waals surface area contributed by atoms with Gasteiger partial charge in [-0.25, -0.2) is 4.79 Å². The first-order valence-electron chi connectivity index (χ1n) is 6.94. The number of alkyl carbamates (subject to hydrolysis) is 1. The number of esters is 1. The molecular weight excluding hydrogens is 290 g/mol. The van der Waals surface area contributed by atoms with Crippen molar-refractivity contribution < 1.29 is 29.3 Å². The van der Waals surface area contributed by atoms with Gasteiger partial charge >= 0.3 is 12.1 Å². The Morgan fingerprint density at radius 2 is 1.91 bits per heavy atom. The summed E-state index contributed by atoms with van der Waals surface area (Å²) in [6.45, 7) is 0.0957. The van der Waals surface area contributed by atoms with E-state index in [4.69, 9.17) is 4.74 Å². The number of aliphatic hydroxyl groups excluding tert-OH is 2. The molecule has 3 N–H and O–H groups in total. The number of rotatable bonds is 4. The fraction of sp³-hybridized carbons (Fsp3) is 0.467. The Bertz CT molecular complexity index is 520. The van der Waals surface area contributed by atoms with Crippen LogP contribution in [0.4, 0.5) is 4.79 Å². The average Bonchev–Trinajstić information content (AvgIpc) is 2.81. The molecule has 0 heterocycles. The Kier molecular flexibility index (Phi) is 5.35. The van der Waals surface area contributed by atoms with Crippen molar-refractivity contribution in [1.29, 1.82) is 0 Å². The third-order valence-electron chi connectivity index (χ3n) is 3.70. The highest BCUT2D eigenvalue weighted by molar-refractivity contribution is 5.74. The minimum Gasteiger partial charge on any atom is -0.469 e. The number of amides is 1. The summed E-state index contributed by atoms with van der Waals surface area (Å²) in [5.74, 6) is -1.48. The Balaban J connectivity index is 1.85. The van der Waals surface area contributed by atoms with Crippen LogP contribution in [-0.4, -0.2) is 47.6 Å². The Morgan fingerprint density at radius 1 is 1.23 bits per heavy atom.